The third-order valence-corrected chi connectivity index (χ3v) is 5.67. The number of carbonyl (C=O) groups is 2. The molecule has 0 spiro atoms. The van der Waals surface area contributed by atoms with Gasteiger partial charge in [0, 0.05) is 22.2 Å². The van der Waals surface area contributed by atoms with Crippen molar-refractivity contribution in [1.82, 2.24) is 14.9 Å². The van der Waals surface area contributed by atoms with E-state index in [1.165, 1.54) is 22.4 Å². The second-order valence-corrected chi connectivity index (χ2v) is 8.56. The summed E-state index contributed by atoms with van der Waals surface area (Å²) in [6, 6.07) is 11.9. The lowest BCUT2D eigenvalue weighted by Gasteiger charge is -2.34. The van der Waals surface area contributed by atoms with Crippen LogP contribution in [-0.4, -0.2) is 26.9 Å². The maximum absolute atomic E-state index is 14.9. The topological polar surface area (TPSA) is 75.2 Å². The molecular formula is C23H25FN4O2S. The van der Waals surface area contributed by atoms with Gasteiger partial charge in [-0.2, -0.15) is 0 Å². The van der Waals surface area contributed by atoms with Crippen molar-refractivity contribution in [1.29, 1.82) is 0 Å². The average Bonchev–Trinajstić information content (AvgIpc) is 3.28. The highest BCUT2D eigenvalue weighted by Crippen LogP contribution is 2.32. The predicted molar refractivity (Wildman–Crippen MR) is 120 cm³/mol. The number of nitrogens with one attached hydrogen (secondary N) is 1. The Bertz CT molecular complexity index is 1050. The van der Waals surface area contributed by atoms with Crippen molar-refractivity contribution in [2.24, 2.45) is 0 Å². The lowest BCUT2D eigenvalue weighted by molar-refractivity contribution is -0.124. The van der Waals surface area contributed by atoms with Crippen LogP contribution in [-0.2, 0) is 4.79 Å². The molecule has 3 aromatic rings. The number of halogens is 1. The number of nitrogens with zero attached hydrogens (tertiary/aromatic N) is 3. The van der Waals surface area contributed by atoms with Crippen molar-refractivity contribution in [2.45, 2.75) is 45.7 Å². The summed E-state index contributed by atoms with van der Waals surface area (Å²) in [5, 5.41) is 8.35. The first-order valence-electron chi connectivity index (χ1n) is 9.97. The molecule has 3 rings (SSSR count). The Morgan fingerprint density at radius 1 is 1.16 bits per heavy atom. The van der Waals surface area contributed by atoms with Crippen molar-refractivity contribution in [3.63, 3.8) is 0 Å². The van der Waals surface area contributed by atoms with Gasteiger partial charge in [-0.15, -0.1) is 5.10 Å². The van der Waals surface area contributed by atoms with Crippen LogP contribution >= 0.6 is 11.5 Å². The van der Waals surface area contributed by atoms with Gasteiger partial charge >= 0.3 is 0 Å². The SMILES string of the molecule is CCC(C)(C)NC(=O)C(c1ccccc1F)N(C(=O)c1csnn1)c1ccc(C)cc1. The van der Waals surface area contributed by atoms with Gasteiger partial charge in [0.25, 0.3) is 5.91 Å². The van der Waals surface area contributed by atoms with Crippen LogP contribution in [0.5, 0.6) is 0 Å². The van der Waals surface area contributed by atoms with E-state index in [1.807, 2.05) is 39.8 Å². The number of hydrogen-bond donors (Lipinski definition) is 1. The summed E-state index contributed by atoms with van der Waals surface area (Å²) < 4.78 is 18.7. The van der Waals surface area contributed by atoms with Gasteiger partial charge in [0.05, 0.1) is 0 Å². The molecule has 0 fully saturated rings. The quantitative estimate of drug-likeness (QED) is 0.579. The molecular weight excluding hydrogens is 415 g/mol. The normalized spacial score (nSPS) is 12.3. The van der Waals surface area contributed by atoms with Gasteiger partial charge in [0.1, 0.15) is 11.9 Å². The molecule has 0 radical (unpaired) electrons. The Morgan fingerprint density at radius 2 is 1.84 bits per heavy atom. The van der Waals surface area contributed by atoms with Crippen molar-refractivity contribution in [2.75, 3.05) is 4.90 Å². The lowest BCUT2D eigenvalue weighted by atomic mass is 9.97. The first-order chi connectivity index (χ1) is 14.7. The first kappa shape index (κ1) is 22.6. The fourth-order valence-electron chi connectivity index (χ4n) is 3.05. The number of rotatable bonds is 7. The van der Waals surface area contributed by atoms with E-state index in [1.54, 1.807) is 24.3 Å². The zero-order valence-corrected chi connectivity index (χ0v) is 18.7. The van der Waals surface area contributed by atoms with E-state index < -0.39 is 29.2 Å². The highest BCUT2D eigenvalue weighted by Gasteiger charge is 2.37. The van der Waals surface area contributed by atoms with Gasteiger partial charge in [-0.3, -0.25) is 14.5 Å². The van der Waals surface area contributed by atoms with Crippen LogP contribution in [0.2, 0.25) is 0 Å². The standard InChI is InChI=1S/C23H25FN4O2S/c1-5-23(3,4)25-21(29)20(17-8-6-7-9-18(17)24)28(16-12-10-15(2)11-13-16)22(30)19-14-31-27-26-19/h6-14,20H,5H2,1-4H3,(H,25,29). The highest BCUT2D eigenvalue weighted by atomic mass is 32.1. The second-order valence-electron chi connectivity index (χ2n) is 7.95. The minimum absolute atomic E-state index is 0.0921. The summed E-state index contributed by atoms with van der Waals surface area (Å²) in [4.78, 5) is 28.3. The Labute approximate surface area is 185 Å². The molecule has 6 nitrogen and oxygen atoms in total. The highest BCUT2D eigenvalue weighted by molar-refractivity contribution is 7.03. The lowest BCUT2D eigenvalue weighted by Crippen LogP contribution is -2.50. The van der Waals surface area contributed by atoms with Crippen molar-refractivity contribution < 1.29 is 14.0 Å². The zero-order valence-electron chi connectivity index (χ0n) is 17.9. The van der Waals surface area contributed by atoms with Crippen LogP contribution in [0.4, 0.5) is 10.1 Å². The monoisotopic (exact) mass is 440 g/mol. The molecule has 0 bridgehead atoms. The third kappa shape index (κ3) is 5.14. The zero-order chi connectivity index (χ0) is 22.6. The molecule has 1 N–H and O–H groups in total. The molecule has 31 heavy (non-hydrogen) atoms. The molecule has 8 heteroatoms. The number of aryl methyl sites for hydroxylation is 1. The van der Waals surface area contributed by atoms with E-state index >= 15 is 0 Å². The first-order valence-corrected chi connectivity index (χ1v) is 10.8. The van der Waals surface area contributed by atoms with E-state index in [0.29, 0.717) is 12.1 Å². The fraction of sp³-hybridized carbons (Fsp3) is 0.304. The van der Waals surface area contributed by atoms with Crippen molar-refractivity contribution in [3.05, 3.63) is 76.5 Å². The summed E-state index contributed by atoms with van der Waals surface area (Å²) in [7, 11) is 0. The molecule has 162 valence electrons. The van der Waals surface area contributed by atoms with Crippen molar-refractivity contribution >= 4 is 29.0 Å². The van der Waals surface area contributed by atoms with Gasteiger partial charge in [0.15, 0.2) is 5.69 Å². The third-order valence-electron chi connectivity index (χ3n) is 5.16. The van der Waals surface area contributed by atoms with Crippen LogP contribution in [0.1, 0.15) is 54.8 Å². The minimum atomic E-state index is -1.23. The number of anilines is 1. The molecule has 0 saturated carbocycles. The molecule has 1 aromatic heterocycles. The van der Waals surface area contributed by atoms with Crippen LogP contribution in [0.3, 0.4) is 0 Å². The summed E-state index contributed by atoms with van der Waals surface area (Å²) >= 11 is 1.03. The Balaban J connectivity index is 2.19. The Kier molecular flexibility index (Phi) is 6.80. The maximum atomic E-state index is 14.9. The Hall–Kier alpha value is -3.13. The molecule has 0 saturated heterocycles. The molecule has 0 aliphatic heterocycles. The molecule has 1 unspecified atom stereocenters. The van der Waals surface area contributed by atoms with Crippen LogP contribution in [0, 0.1) is 12.7 Å². The molecule has 0 aliphatic rings. The number of aromatic nitrogens is 2. The molecule has 1 atom stereocenters. The van der Waals surface area contributed by atoms with Gasteiger partial charge in [-0.05, 0) is 56.9 Å². The van der Waals surface area contributed by atoms with Gasteiger partial charge < -0.3 is 5.32 Å². The van der Waals surface area contributed by atoms with Crippen molar-refractivity contribution in [3.8, 4) is 0 Å². The maximum Gasteiger partial charge on any atom is 0.280 e. The minimum Gasteiger partial charge on any atom is -0.349 e. The number of benzene rings is 2. The van der Waals surface area contributed by atoms with Gasteiger partial charge in [-0.25, -0.2) is 4.39 Å². The number of carbonyl (C=O) groups excluding carboxylic acids is 2. The largest absolute Gasteiger partial charge is 0.349 e. The predicted octanol–water partition coefficient (Wildman–Crippen LogP) is 4.68. The number of amides is 2. The van der Waals surface area contributed by atoms with Gasteiger partial charge in [-0.1, -0.05) is 47.3 Å². The van der Waals surface area contributed by atoms with E-state index in [0.717, 1.165) is 17.1 Å². The Morgan fingerprint density at radius 3 is 2.42 bits per heavy atom. The van der Waals surface area contributed by atoms with E-state index in [4.69, 9.17) is 0 Å². The van der Waals surface area contributed by atoms with Crippen LogP contribution in [0.25, 0.3) is 0 Å². The fourth-order valence-corrected chi connectivity index (χ4v) is 3.48. The summed E-state index contributed by atoms with van der Waals surface area (Å²) in [6.07, 6.45) is 0.664. The molecule has 0 aliphatic carbocycles. The second kappa shape index (κ2) is 9.34. The van der Waals surface area contributed by atoms with Gasteiger partial charge in [0.2, 0.25) is 5.91 Å². The number of hydrogen-bond acceptors (Lipinski definition) is 5. The molecule has 2 aromatic carbocycles. The molecule has 1 heterocycles. The van der Waals surface area contributed by atoms with E-state index in [9.17, 15) is 14.0 Å². The van der Waals surface area contributed by atoms with Crippen LogP contribution in [0.15, 0.2) is 53.9 Å². The van der Waals surface area contributed by atoms with E-state index in [2.05, 4.69) is 14.9 Å². The molecule has 2 amide bonds. The average molecular weight is 441 g/mol. The van der Waals surface area contributed by atoms with E-state index in [-0.39, 0.29) is 11.3 Å². The summed E-state index contributed by atoms with van der Waals surface area (Å²) in [6.45, 7) is 7.63. The smallest absolute Gasteiger partial charge is 0.280 e. The summed E-state index contributed by atoms with van der Waals surface area (Å²) in [5.74, 6) is -1.58. The summed E-state index contributed by atoms with van der Waals surface area (Å²) in [5.41, 5.74) is 1.11. The van der Waals surface area contributed by atoms with Crippen LogP contribution < -0.4 is 10.2 Å².